The number of ether oxygens (including phenoxy) is 1. The van der Waals surface area contributed by atoms with Crippen molar-refractivity contribution in [1.82, 2.24) is 9.55 Å². The Morgan fingerprint density at radius 2 is 2.40 bits per heavy atom. The highest BCUT2D eigenvalue weighted by Gasteiger charge is 2.31. The van der Waals surface area contributed by atoms with Gasteiger partial charge in [-0.1, -0.05) is 0 Å². The van der Waals surface area contributed by atoms with Crippen LogP contribution in [0.5, 0.6) is 0 Å². The van der Waals surface area contributed by atoms with Crippen LogP contribution in [0.1, 0.15) is 26.2 Å². The van der Waals surface area contributed by atoms with Crippen LogP contribution in [0, 0.1) is 0 Å². The molecule has 1 N–H and O–H groups in total. The number of rotatable bonds is 1. The lowest BCUT2D eigenvalue weighted by atomic mass is 10.0. The van der Waals surface area contributed by atoms with E-state index >= 15 is 0 Å². The van der Waals surface area contributed by atoms with Gasteiger partial charge in [0.1, 0.15) is 0 Å². The van der Waals surface area contributed by atoms with Gasteiger partial charge in [-0.2, -0.15) is 0 Å². The van der Waals surface area contributed by atoms with Crippen molar-refractivity contribution in [2.75, 3.05) is 5.32 Å². The first kappa shape index (κ1) is 9.21. The fraction of sp³-hybridized carbons (Fsp3) is 0.727. The number of hydrogen-bond donors (Lipinski definition) is 1. The molecule has 15 heavy (non-hydrogen) atoms. The van der Waals surface area contributed by atoms with Gasteiger partial charge in [0.15, 0.2) is 0 Å². The van der Waals surface area contributed by atoms with Crippen LogP contribution in [-0.4, -0.2) is 27.8 Å². The minimum absolute atomic E-state index is 0.380. The van der Waals surface area contributed by atoms with Crippen LogP contribution in [0.25, 0.3) is 0 Å². The van der Waals surface area contributed by atoms with Gasteiger partial charge in [0.2, 0.25) is 5.95 Å². The van der Waals surface area contributed by atoms with Gasteiger partial charge in [-0.15, -0.1) is 0 Å². The standard InChI is InChI=1S/C11H17N3O/c1-8-2-3-10(15-8)9-4-6-14-7-5-12-11(14)13-9/h5,7-10H,2-4,6H2,1H3,(H,12,13). The zero-order valence-corrected chi connectivity index (χ0v) is 9.02. The molecule has 3 rings (SSSR count). The van der Waals surface area contributed by atoms with Crippen molar-refractivity contribution >= 4 is 5.95 Å². The van der Waals surface area contributed by atoms with Gasteiger partial charge < -0.3 is 14.6 Å². The second kappa shape index (κ2) is 3.52. The van der Waals surface area contributed by atoms with Crippen LogP contribution < -0.4 is 5.32 Å². The first-order valence-corrected chi connectivity index (χ1v) is 5.76. The quantitative estimate of drug-likeness (QED) is 0.760. The summed E-state index contributed by atoms with van der Waals surface area (Å²) in [4.78, 5) is 4.29. The van der Waals surface area contributed by atoms with Crippen LogP contribution in [0.3, 0.4) is 0 Å². The Labute approximate surface area is 89.6 Å². The third kappa shape index (κ3) is 1.63. The molecule has 3 atom stereocenters. The number of nitrogens with zero attached hydrogens (tertiary/aromatic N) is 2. The summed E-state index contributed by atoms with van der Waals surface area (Å²) >= 11 is 0. The molecule has 0 saturated carbocycles. The lowest BCUT2D eigenvalue weighted by Gasteiger charge is -2.29. The Balaban J connectivity index is 1.71. The van der Waals surface area contributed by atoms with E-state index in [4.69, 9.17) is 4.74 Å². The predicted octanol–water partition coefficient (Wildman–Crippen LogP) is 1.63. The summed E-state index contributed by atoms with van der Waals surface area (Å²) in [5.74, 6) is 0.995. The molecule has 0 bridgehead atoms. The Kier molecular flexibility index (Phi) is 2.16. The fourth-order valence-corrected chi connectivity index (χ4v) is 2.55. The van der Waals surface area contributed by atoms with Crippen LogP contribution in [-0.2, 0) is 11.3 Å². The summed E-state index contributed by atoms with van der Waals surface area (Å²) < 4.78 is 8.05. The van der Waals surface area contributed by atoms with Crippen molar-refractivity contribution in [3.63, 3.8) is 0 Å². The average molecular weight is 207 g/mol. The third-order valence-corrected chi connectivity index (χ3v) is 3.42. The number of fused-ring (bicyclic) bond motifs is 1. The van der Waals surface area contributed by atoms with Gasteiger partial charge in [0.25, 0.3) is 0 Å². The summed E-state index contributed by atoms with van der Waals surface area (Å²) in [6.45, 7) is 3.21. The number of aryl methyl sites for hydroxylation is 1. The van der Waals surface area contributed by atoms with Crippen molar-refractivity contribution in [1.29, 1.82) is 0 Å². The van der Waals surface area contributed by atoms with E-state index in [0.717, 1.165) is 18.9 Å². The van der Waals surface area contributed by atoms with E-state index in [0.29, 0.717) is 18.2 Å². The first-order valence-electron chi connectivity index (χ1n) is 5.76. The van der Waals surface area contributed by atoms with Crippen LogP contribution in [0.4, 0.5) is 5.95 Å². The van der Waals surface area contributed by atoms with Crippen molar-refractivity contribution in [2.24, 2.45) is 0 Å². The fourth-order valence-electron chi connectivity index (χ4n) is 2.55. The van der Waals surface area contributed by atoms with E-state index in [-0.39, 0.29) is 0 Å². The third-order valence-electron chi connectivity index (χ3n) is 3.42. The van der Waals surface area contributed by atoms with Crippen molar-refractivity contribution in [3.8, 4) is 0 Å². The molecule has 1 aromatic heterocycles. The lowest BCUT2D eigenvalue weighted by molar-refractivity contribution is 0.0406. The lowest BCUT2D eigenvalue weighted by Crippen LogP contribution is -2.38. The zero-order chi connectivity index (χ0) is 10.3. The molecule has 2 aliphatic heterocycles. The molecular weight excluding hydrogens is 190 g/mol. The van der Waals surface area contributed by atoms with Gasteiger partial charge in [0, 0.05) is 18.9 Å². The summed E-state index contributed by atoms with van der Waals surface area (Å²) in [7, 11) is 0. The van der Waals surface area contributed by atoms with Gasteiger partial charge in [0.05, 0.1) is 18.2 Å². The van der Waals surface area contributed by atoms with Gasteiger partial charge in [-0.3, -0.25) is 0 Å². The average Bonchev–Trinajstić information content (AvgIpc) is 2.84. The van der Waals surface area contributed by atoms with Crippen molar-refractivity contribution in [3.05, 3.63) is 12.4 Å². The molecule has 0 radical (unpaired) electrons. The number of aromatic nitrogens is 2. The van der Waals surface area contributed by atoms with Crippen molar-refractivity contribution in [2.45, 2.75) is 51.0 Å². The molecule has 4 heteroatoms. The molecule has 4 nitrogen and oxygen atoms in total. The van der Waals surface area contributed by atoms with Gasteiger partial charge >= 0.3 is 0 Å². The number of nitrogens with one attached hydrogen (secondary N) is 1. The smallest absolute Gasteiger partial charge is 0.203 e. The van der Waals surface area contributed by atoms with Crippen LogP contribution >= 0.6 is 0 Å². The number of imidazole rings is 1. The molecule has 82 valence electrons. The second-order valence-corrected chi connectivity index (χ2v) is 4.55. The number of hydrogen-bond acceptors (Lipinski definition) is 3. The predicted molar refractivity (Wildman–Crippen MR) is 57.8 cm³/mol. The highest BCUT2D eigenvalue weighted by Crippen LogP contribution is 2.27. The van der Waals surface area contributed by atoms with E-state index in [1.54, 1.807) is 0 Å². The molecule has 0 amide bonds. The van der Waals surface area contributed by atoms with E-state index < -0.39 is 0 Å². The normalized spacial score (nSPS) is 34.9. The maximum Gasteiger partial charge on any atom is 0.203 e. The monoisotopic (exact) mass is 207 g/mol. The van der Waals surface area contributed by atoms with Crippen molar-refractivity contribution < 1.29 is 4.74 Å². The molecule has 2 aliphatic rings. The highest BCUT2D eigenvalue weighted by atomic mass is 16.5. The molecule has 3 unspecified atom stereocenters. The largest absolute Gasteiger partial charge is 0.373 e. The number of anilines is 1. The Morgan fingerprint density at radius 3 is 3.20 bits per heavy atom. The SMILES string of the molecule is CC1CCC(C2CCn3ccnc3N2)O1. The molecule has 3 heterocycles. The molecule has 0 aromatic carbocycles. The van der Waals surface area contributed by atoms with E-state index in [2.05, 4.69) is 21.8 Å². The molecule has 0 aliphatic carbocycles. The molecule has 0 spiro atoms. The minimum Gasteiger partial charge on any atom is -0.373 e. The zero-order valence-electron chi connectivity index (χ0n) is 9.02. The maximum atomic E-state index is 5.89. The van der Waals surface area contributed by atoms with E-state index in [1.807, 2.05) is 12.4 Å². The summed E-state index contributed by atoms with van der Waals surface area (Å²) in [5.41, 5.74) is 0. The minimum atomic E-state index is 0.380. The van der Waals surface area contributed by atoms with Crippen LogP contribution in [0.2, 0.25) is 0 Å². The molecular formula is C11H17N3O. The molecule has 1 fully saturated rings. The molecule has 1 aromatic rings. The van der Waals surface area contributed by atoms with Gasteiger partial charge in [-0.25, -0.2) is 4.98 Å². The van der Waals surface area contributed by atoms with E-state index in [9.17, 15) is 0 Å². The Hall–Kier alpha value is -1.03. The highest BCUT2D eigenvalue weighted by molar-refractivity contribution is 5.30. The Morgan fingerprint density at radius 1 is 1.47 bits per heavy atom. The summed E-state index contributed by atoms with van der Waals surface area (Å²) in [6, 6.07) is 0.449. The summed E-state index contributed by atoms with van der Waals surface area (Å²) in [6.07, 6.45) is 8.20. The first-order chi connectivity index (χ1) is 7.33. The molecule has 1 saturated heterocycles. The topological polar surface area (TPSA) is 39.1 Å². The second-order valence-electron chi connectivity index (χ2n) is 4.55. The maximum absolute atomic E-state index is 5.89. The van der Waals surface area contributed by atoms with Gasteiger partial charge in [-0.05, 0) is 26.2 Å². The Bertz CT molecular complexity index is 349. The van der Waals surface area contributed by atoms with Crippen LogP contribution in [0.15, 0.2) is 12.4 Å². The van der Waals surface area contributed by atoms with E-state index in [1.165, 1.54) is 12.8 Å². The summed E-state index contributed by atoms with van der Waals surface area (Å²) in [5, 5.41) is 3.47.